The lowest BCUT2D eigenvalue weighted by molar-refractivity contribution is -0.144. The van der Waals surface area contributed by atoms with Gasteiger partial charge in [-0.1, -0.05) is 42.5 Å². The van der Waals surface area contributed by atoms with Crippen LogP contribution in [0.1, 0.15) is 24.1 Å². The molecule has 2 aromatic carbocycles. The predicted octanol–water partition coefficient (Wildman–Crippen LogP) is 3.02. The monoisotopic (exact) mass is 364 g/mol. The van der Waals surface area contributed by atoms with Crippen molar-refractivity contribution in [2.45, 2.75) is 13.0 Å². The van der Waals surface area contributed by atoms with E-state index in [9.17, 15) is 14.9 Å². The number of nitrogens with one attached hydrogen (secondary N) is 1. The molecule has 0 aromatic heterocycles. The lowest BCUT2D eigenvalue weighted by Crippen LogP contribution is -2.31. The van der Waals surface area contributed by atoms with Gasteiger partial charge in [-0.2, -0.15) is 5.26 Å². The first-order valence-corrected chi connectivity index (χ1v) is 8.30. The molecule has 2 aromatic rings. The van der Waals surface area contributed by atoms with Gasteiger partial charge in [0.15, 0.2) is 6.61 Å². The van der Waals surface area contributed by atoms with Gasteiger partial charge in [-0.05, 0) is 36.3 Å². The summed E-state index contributed by atoms with van der Waals surface area (Å²) in [6.45, 7) is 1.37. The van der Waals surface area contributed by atoms with Crippen LogP contribution in [0.5, 0.6) is 5.75 Å². The Labute approximate surface area is 158 Å². The third-order valence-corrected chi connectivity index (χ3v) is 3.78. The Morgan fingerprint density at radius 2 is 1.81 bits per heavy atom. The fraction of sp³-hybridized carbons (Fsp3) is 0.190. The molecule has 6 nitrogen and oxygen atoms in total. The minimum Gasteiger partial charge on any atom is -0.497 e. The maximum Gasteiger partial charge on any atom is 0.349 e. The number of methoxy groups -OCH3 is 1. The van der Waals surface area contributed by atoms with Crippen molar-refractivity contribution in [2.24, 2.45) is 0 Å². The summed E-state index contributed by atoms with van der Waals surface area (Å²) in [5.41, 5.74) is 1.39. The second kappa shape index (κ2) is 9.78. The lowest BCUT2D eigenvalue weighted by atomic mass is 10.1. The zero-order valence-corrected chi connectivity index (χ0v) is 15.1. The SMILES string of the molecule is COc1ccc(C=C(C#N)C(=O)OCC(=O)NC(C)c2ccccc2)cc1. The number of benzene rings is 2. The molecule has 2 rings (SSSR count). The molecule has 138 valence electrons. The van der Waals surface area contributed by atoms with Crippen molar-refractivity contribution in [3.63, 3.8) is 0 Å². The third-order valence-electron chi connectivity index (χ3n) is 3.78. The summed E-state index contributed by atoms with van der Waals surface area (Å²) in [6.07, 6.45) is 1.40. The average molecular weight is 364 g/mol. The quantitative estimate of drug-likeness (QED) is 0.463. The van der Waals surface area contributed by atoms with E-state index in [1.165, 1.54) is 6.08 Å². The van der Waals surface area contributed by atoms with E-state index >= 15 is 0 Å². The molecule has 1 atom stereocenters. The van der Waals surface area contributed by atoms with Crippen LogP contribution in [0.2, 0.25) is 0 Å². The number of nitrogens with zero attached hydrogens (tertiary/aromatic N) is 1. The Morgan fingerprint density at radius 3 is 2.41 bits per heavy atom. The van der Waals surface area contributed by atoms with Crippen molar-refractivity contribution in [2.75, 3.05) is 13.7 Å². The van der Waals surface area contributed by atoms with Crippen LogP contribution in [0.25, 0.3) is 6.08 Å². The second-order valence-electron chi connectivity index (χ2n) is 5.72. The van der Waals surface area contributed by atoms with Crippen molar-refractivity contribution >= 4 is 18.0 Å². The van der Waals surface area contributed by atoms with Gasteiger partial charge in [0.25, 0.3) is 5.91 Å². The van der Waals surface area contributed by atoms with Gasteiger partial charge < -0.3 is 14.8 Å². The van der Waals surface area contributed by atoms with Gasteiger partial charge in [0, 0.05) is 0 Å². The molecule has 0 radical (unpaired) electrons. The van der Waals surface area contributed by atoms with Gasteiger partial charge in [0.05, 0.1) is 13.2 Å². The molecule has 0 saturated heterocycles. The summed E-state index contributed by atoms with van der Waals surface area (Å²) in [5.74, 6) is -0.630. The van der Waals surface area contributed by atoms with E-state index in [0.717, 1.165) is 5.56 Å². The van der Waals surface area contributed by atoms with Crippen molar-refractivity contribution in [3.8, 4) is 11.8 Å². The van der Waals surface area contributed by atoms with E-state index in [0.29, 0.717) is 11.3 Å². The zero-order valence-electron chi connectivity index (χ0n) is 15.1. The number of nitriles is 1. The highest BCUT2D eigenvalue weighted by Gasteiger charge is 2.15. The van der Waals surface area contributed by atoms with Crippen molar-refractivity contribution in [1.82, 2.24) is 5.32 Å². The maximum atomic E-state index is 12.0. The summed E-state index contributed by atoms with van der Waals surface area (Å²) >= 11 is 0. The van der Waals surface area contributed by atoms with Gasteiger partial charge in [-0.3, -0.25) is 4.79 Å². The number of hydrogen-bond acceptors (Lipinski definition) is 5. The van der Waals surface area contributed by atoms with Crippen LogP contribution in [-0.2, 0) is 14.3 Å². The van der Waals surface area contributed by atoms with E-state index in [1.807, 2.05) is 37.3 Å². The lowest BCUT2D eigenvalue weighted by Gasteiger charge is -2.14. The molecule has 0 aliphatic rings. The molecule has 27 heavy (non-hydrogen) atoms. The minimum atomic E-state index is -0.851. The molecule has 0 saturated carbocycles. The Morgan fingerprint density at radius 1 is 1.15 bits per heavy atom. The Bertz CT molecular complexity index is 852. The smallest absolute Gasteiger partial charge is 0.349 e. The molecule has 1 N–H and O–H groups in total. The Hall–Kier alpha value is -3.59. The topological polar surface area (TPSA) is 88.4 Å². The predicted molar refractivity (Wildman–Crippen MR) is 101 cm³/mol. The number of rotatable bonds is 7. The first-order valence-electron chi connectivity index (χ1n) is 8.30. The molecule has 0 heterocycles. The number of carbonyl (C=O) groups excluding carboxylic acids is 2. The molecule has 0 spiro atoms. The largest absolute Gasteiger partial charge is 0.497 e. The molecule has 0 aliphatic carbocycles. The van der Waals surface area contributed by atoms with Gasteiger partial charge in [0.1, 0.15) is 17.4 Å². The minimum absolute atomic E-state index is 0.191. The van der Waals surface area contributed by atoms with Crippen LogP contribution in [0.3, 0.4) is 0 Å². The van der Waals surface area contributed by atoms with Gasteiger partial charge in [0.2, 0.25) is 0 Å². The summed E-state index contributed by atoms with van der Waals surface area (Å²) in [5, 5.41) is 11.9. The van der Waals surface area contributed by atoms with Gasteiger partial charge >= 0.3 is 5.97 Å². The van der Waals surface area contributed by atoms with Crippen LogP contribution in [-0.4, -0.2) is 25.6 Å². The highest BCUT2D eigenvalue weighted by molar-refractivity contribution is 5.98. The number of ether oxygens (including phenoxy) is 2. The average Bonchev–Trinajstić information content (AvgIpc) is 2.71. The van der Waals surface area contributed by atoms with Crippen molar-refractivity contribution in [1.29, 1.82) is 5.26 Å². The molecule has 0 bridgehead atoms. The van der Waals surface area contributed by atoms with E-state index < -0.39 is 18.5 Å². The van der Waals surface area contributed by atoms with E-state index in [2.05, 4.69) is 5.32 Å². The van der Waals surface area contributed by atoms with Crippen LogP contribution in [0, 0.1) is 11.3 Å². The molecular formula is C21H20N2O4. The summed E-state index contributed by atoms with van der Waals surface area (Å²) in [7, 11) is 1.55. The van der Waals surface area contributed by atoms with E-state index in [1.54, 1.807) is 37.4 Å². The third kappa shape index (κ3) is 6.01. The Kier molecular flexibility index (Phi) is 7.15. The maximum absolute atomic E-state index is 12.0. The van der Waals surface area contributed by atoms with Crippen LogP contribution >= 0.6 is 0 Å². The number of hydrogen-bond donors (Lipinski definition) is 1. The molecule has 0 aliphatic heterocycles. The van der Waals surface area contributed by atoms with E-state index in [-0.39, 0.29) is 11.6 Å². The number of amides is 1. The highest BCUT2D eigenvalue weighted by Crippen LogP contribution is 2.14. The Balaban J connectivity index is 1.91. The van der Waals surface area contributed by atoms with Crippen LogP contribution in [0.15, 0.2) is 60.2 Å². The summed E-state index contributed by atoms with van der Waals surface area (Å²) < 4.78 is 10.00. The van der Waals surface area contributed by atoms with Crippen LogP contribution in [0.4, 0.5) is 0 Å². The zero-order chi connectivity index (χ0) is 19.6. The normalized spacial score (nSPS) is 11.8. The molecule has 1 amide bonds. The number of esters is 1. The van der Waals surface area contributed by atoms with Crippen molar-refractivity contribution in [3.05, 3.63) is 71.3 Å². The molecule has 6 heteroatoms. The van der Waals surface area contributed by atoms with E-state index in [4.69, 9.17) is 9.47 Å². The molecular weight excluding hydrogens is 344 g/mol. The van der Waals surface area contributed by atoms with Crippen molar-refractivity contribution < 1.29 is 19.1 Å². The molecule has 1 unspecified atom stereocenters. The first kappa shape index (κ1) is 19.7. The summed E-state index contributed by atoms with van der Waals surface area (Å²) in [6, 6.07) is 17.8. The van der Waals surface area contributed by atoms with Gasteiger partial charge in [-0.25, -0.2) is 4.79 Å². The fourth-order valence-electron chi connectivity index (χ4n) is 2.32. The highest BCUT2D eigenvalue weighted by atomic mass is 16.5. The standard InChI is InChI=1S/C21H20N2O4/c1-15(17-6-4-3-5-7-17)23-20(24)14-27-21(25)18(13-22)12-16-8-10-19(26-2)11-9-16/h3-12,15H,14H2,1-2H3,(H,23,24). The molecule has 0 fully saturated rings. The fourth-order valence-corrected chi connectivity index (χ4v) is 2.32. The summed E-state index contributed by atoms with van der Waals surface area (Å²) in [4.78, 5) is 24.0. The second-order valence-corrected chi connectivity index (χ2v) is 5.72. The first-order chi connectivity index (χ1) is 13.0. The number of carbonyl (C=O) groups is 2. The van der Waals surface area contributed by atoms with Gasteiger partial charge in [-0.15, -0.1) is 0 Å². The van der Waals surface area contributed by atoms with Crippen LogP contribution < -0.4 is 10.1 Å².